The molecule has 0 aliphatic heterocycles. The largest absolute Gasteiger partial charge is 0.484 e. The first-order valence-corrected chi connectivity index (χ1v) is 7.32. The van der Waals surface area contributed by atoms with Crippen LogP contribution in [-0.4, -0.2) is 15.9 Å². The van der Waals surface area contributed by atoms with Gasteiger partial charge >= 0.3 is 0 Å². The Morgan fingerprint density at radius 2 is 1.70 bits per heavy atom. The van der Waals surface area contributed by atoms with Crippen LogP contribution in [0.5, 0.6) is 5.75 Å². The molecule has 2 aromatic carbocycles. The fraction of sp³-hybridized carbons (Fsp3) is 0.118. The SMILES string of the molecule is Cc1noc(COc2ccc(C(=O)c3ccc(Cl)cc3)cc2)n1. The van der Waals surface area contributed by atoms with Gasteiger partial charge in [0, 0.05) is 16.1 Å². The number of aromatic nitrogens is 2. The number of nitrogens with zero attached hydrogens (tertiary/aromatic N) is 2. The molecule has 0 aliphatic carbocycles. The number of hydrogen-bond acceptors (Lipinski definition) is 5. The summed E-state index contributed by atoms with van der Waals surface area (Å²) in [6.07, 6.45) is 0. The van der Waals surface area contributed by atoms with Crippen molar-refractivity contribution in [3.8, 4) is 5.75 Å². The molecule has 23 heavy (non-hydrogen) atoms. The van der Waals surface area contributed by atoms with Crippen molar-refractivity contribution in [2.24, 2.45) is 0 Å². The molecule has 0 saturated heterocycles. The molecular formula is C17H13ClN2O3. The topological polar surface area (TPSA) is 65.2 Å². The van der Waals surface area contributed by atoms with Gasteiger partial charge in [-0.05, 0) is 55.5 Å². The van der Waals surface area contributed by atoms with E-state index in [9.17, 15) is 4.79 Å². The van der Waals surface area contributed by atoms with Crippen molar-refractivity contribution < 1.29 is 14.1 Å². The average molecular weight is 329 g/mol. The van der Waals surface area contributed by atoms with E-state index < -0.39 is 0 Å². The molecule has 3 rings (SSSR count). The van der Waals surface area contributed by atoms with Gasteiger partial charge in [-0.15, -0.1) is 0 Å². The molecule has 0 amide bonds. The molecule has 0 spiro atoms. The minimum atomic E-state index is -0.0688. The minimum absolute atomic E-state index is 0.0688. The lowest BCUT2D eigenvalue weighted by atomic mass is 10.0. The molecule has 5 nitrogen and oxygen atoms in total. The number of carbonyl (C=O) groups excluding carboxylic acids is 1. The minimum Gasteiger partial charge on any atom is -0.484 e. The van der Waals surface area contributed by atoms with Gasteiger partial charge in [-0.25, -0.2) is 0 Å². The molecule has 0 unspecified atom stereocenters. The van der Waals surface area contributed by atoms with Gasteiger partial charge in [0.2, 0.25) is 0 Å². The lowest BCUT2D eigenvalue weighted by Gasteiger charge is -2.05. The van der Waals surface area contributed by atoms with Crippen molar-refractivity contribution in [1.29, 1.82) is 0 Å². The molecular weight excluding hydrogens is 316 g/mol. The number of ether oxygens (including phenoxy) is 1. The van der Waals surface area contributed by atoms with Crippen LogP contribution in [0.15, 0.2) is 53.1 Å². The number of ketones is 1. The summed E-state index contributed by atoms with van der Waals surface area (Å²) in [5.74, 6) is 1.52. The number of halogens is 1. The Labute approximate surface area is 137 Å². The van der Waals surface area contributed by atoms with E-state index in [0.29, 0.717) is 33.6 Å². The predicted molar refractivity (Wildman–Crippen MR) is 84.7 cm³/mol. The Bertz CT molecular complexity index is 811. The highest BCUT2D eigenvalue weighted by Crippen LogP contribution is 2.18. The zero-order valence-corrected chi connectivity index (χ0v) is 13.1. The standard InChI is InChI=1S/C17H13ClN2O3/c1-11-19-16(23-20-11)10-22-15-8-4-13(5-9-15)17(21)12-2-6-14(18)7-3-12/h2-9H,10H2,1H3. The first kappa shape index (κ1) is 15.2. The summed E-state index contributed by atoms with van der Waals surface area (Å²) < 4.78 is 10.5. The average Bonchev–Trinajstić information content (AvgIpc) is 2.99. The molecule has 0 aliphatic rings. The Morgan fingerprint density at radius 1 is 1.09 bits per heavy atom. The molecule has 0 saturated carbocycles. The van der Waals surface area contributed by atoms with E-state index in [-0.39, 0.29) is 12.4 Å². The molecule has 0 N–H and O–H groups in total. The smallest absolute Gasteiger partial charge is 0.264 e. The molecule has 0 bridgehead atoms. The number of carbonyl (C=O) groups is 1. The highest BCUT2D eigenvalue weighted by molar-refractivity contribution is 6.30. The van der Waals surface area contributed by atoms with Crippen LogP contribution in [-0.2, 0) is 6.61 Å². The van der Waals surface area contributed by atoms with Crippen LogP contribution < -0.4 is 4.74 Å². The van der Waals surface area contributed by atoms with Crippen LogP contribution in [0.2, 0.25) is 5.02 Å². The summed E-state index contributed by atoms with van der Waals surface area (Å²) in [6, 6.07) is 13.7. The van der Waals surface area contributed by atoms with Crippen LogP contribution in [0.1, 0.15) is 27.6 Å². The Morgan fingerprint density at radius 3 is 2.26 bits per heavy atom. The van der Waals surface area contributed by atoms with Gasteiger partial charge in [-0.3, -0.25) is 4.79 Å². The van der Waals surface area contributed by atoms with Gasteiger partial charge < -0.3 is 9.26 Å². The van der Waals surface area contributed by atoms with Crippen LogP contribution in [0.3, 0.4) is 0 Å². The lowest BCUT2D eigenvalue weighted by Crippen LogP contribution is -2.01. The third-order valence-corrected chi connectivity index (χ3v) is 3.41. The molecule has 6 heteroatoms. The highest BCUT2D eigenvalue weighted by atomic mass is 35.5. The van der Waals surface area contributed by atoms with Gasteiger partial charge in [0.05, 0.1) is 0 Å². The highest BCUT2D eigenvalue weighted by Gasteiger charge is 2.09. The number of benzene rings is 2. The Balaban J connectivity index is 1.66. The first-order chi connectivity index (χ1) is 11.1. The van der Waals surface area contributed by atoms with Gasteiger partial charge in [0.25, 0.3) is 5.89 Å². The quantitative estimate of drug-likeness (QED) is 0.666. The fourth-order valence-electron chi connectivity index (χ4n) is 2.01. The Hall–Kier alpha value is -2.66. The summed E-state index contributed by atoms with van der Waals surface area (Å²) >= 11 is 5.82. The number of rotatable bonds is 5. The van der Waals surface area contributed by atoms with E-state index in [1.807, 2.05) is 0 Å². The van der Waals surface area contributed by atoms with Gasteiger partial charge in [0.15, 0.2) is 18.2 Å². The first-order valence-electron chi connectivity index (χ1n) is 6.94. The summed E-state index contributed by atoms with van der Waals surface area (Å²) in [5, 5.41) is 4.28. The van der Waals surface area contributed by atoms with E-state index in [1.54, 1.807) is 55.5 Å². The molecule has 116 valence electrons. The fourth-order valence-corrected chi connectivity index (χ4v) is 2.14. The van der Waals surface area contributed by atoms with Gasteiger partial charge in [-0.2, -0.15) is 4.98 Å². The summed E-state index contributed by atoms with van der Waals surface area (Å²) in [5.41, 5.74) is 1.16. The molecule has 0 fully saturated rings. The van der Waals surface area contributed by atoms with Crippen molar-refractivity contribution >= 4 is 17.4 Å². The molecule has 0 atom stereocenters. The lowest BCUT2D eigenvalue weighted by molar-refractivity contribution is 0.103. The Kier molecular flexibility index (Phi) is 4.39. The zero-order chi connectivity index (χ0) is 16.2. The van der Waals surface area contributed by atoms with Crippen molar-refractivity contribution in [2.75, 3.05) is 0 Å². The van der Waals surface area contributed by atoms with E-state index in [4.69, 9.17) is 20.9 Å². The molecule has 3 aromatic rings. The van der Waals surface area contributed by atoms with E-state index in [1.165, 1.54) is 0 Å². The van der Waals surface area contributed by atoms with E-state index in [0.717, 1.165) is 0 Å². The summed E-state index contributed by atoms with van der Waals surface area (Å²) in [6.45, 7) is 1.93. The molecule has 0 radical (unpaired) electrons. The van der Waals surface area contributed by atoms with Crippen LogP contribution in [0.25, 0.3) is 0 Å². The third kappa shape index (κ3) is 3.76. The van der Waals surface area contributed by atoms with Gasteiger partial charge in [0.1, 0.15) is 5.75 Å². The zero-order valence-electron chi connectivity index (χ0n) is 12.3. The normalized spacial score (nSPS) is 10.5. The van der Waals surface area contributed by atoms with E-state index in [2.05, 4.69) is 10.1 Å². The maximum Gasteiger partial charge on any atom is 0.264 e. The van der Waals surface area contributed by atoms with Crippen LogP contribution in [0, 0.1) is 6.92 Å². The second-order valence-electron chi connectivity index (χ2n) is 4.88. The van der Waals surface area contributed by atoms with Crippen molar-refractivity contribution in [2.45, 2.75) is 13.5 Å². The second-order valence-corrected chi connectivity index (χ2v) is 5.32. The maximum atomic E-state index is 12.3. The van der Waals surface area contributed by atoms with Gasteiger partial charge in [-0.1, -0.05) is 16.8 Å². The van der Waals surface area contributed by atoms with Crippen LogP contribution >= 0.6 is 11.6 Å². The third-order valence-electron chi connectivity index (χ3n) is 3.15. The van der Waals surface area contributed by atoms with Crippen molar-refractivity contribution in [3.63, 3.8) is 0 Å². The van der Waals surface area contributed by atoms with E-state index >= 15 is 0 Å². The monoisotopic (exact) mass is 328 g/mol. The second kappa shape index (κ2) is 6.62. The van der Waals surface area contributed by atoms with Crippen LogP contribution in [0.4, 0.5) is 0 Å². The summed E-state index contributed by atoms with van der Waals surface area (Å²) in [7, 11) is 0. The number of hydrogen-bond donors (Lipinski definition) is 0. The van der Waals surface area contributed by atoms with Crippen molar-refractivity contribution in [1.82, 2.24) is 10.1 Å². The predicted octanol–water partition coefficient (Wildman–Crippen LogP) is 3.84. The maximum absolute atomic E-state index is 12.3. The van der Waals surface area contributed by atoms with Crippen molar-refractivity contribution in [3.05, 3.63) is 76.4 Å². The summed E-state index contributed by atoms with van der Waals surface area (Å²) in [4.78, 5) is 16.4. The molecule has 1 heterocycles. The number of aryl methyl sites for hydroxylation is 1. The molecule has 1 aromatic heterocycles.